The SMILES string of the molecule is CCN(CC)c1ccc(N=Nc2ccc(OCCOC)c(S(=O)(=O)Cl)c2)cc1. The lowest BCUT2D eigenvalue weighted by Crippen LogP contribution is -2.21. The zero-order valence-electron chi connectivity index (χ0n) is 16.1. The molecule has 2 aromatic carbocycles. The van der Waals surface area contributed by atoms with Crippen LogP contribution in [-0.4, -0.2) is 41.8 Å². The van der Waals surface area contributed by atoms with Crippen LogP contribution in [0.2, 0.25) is 0 Å². The highest BCUT2D eigenvalue weighted by Crippen LogP contribution is 2.32. The topological polar surface area (TPSA) is 80.6 Å². The second-order valence-corrected chi connectivity index (χ2v) is 8.33. The van der Waals surface area contributed by atoms with E-state index in [-0.39, 0.29) is 17.3 Å². The summed E-state index contributed by atoms with van der Waals surface area (Å²) in [6.07, 6.45) is 0. The highest BCUT2D eigenvalue weighted by atomic mass is 35.7. The fourth-order valence-corrected chi connectivity index (χ4v) is 3.53. The first-order valence-corrected chi connectivity index (χ1v) is 11.2. The molecule has 0 saturated heterocycles. The summed E-state index contributed by atoms with van der Waals surface area (Å²) in [5, 5.41) is 8.28. The van der Waals surface area contributed by atoms with Gasteiger partial charge in [0.05, 0.1) is 18.0 Å². The molecule has 152 valence electrons. The molecular formula is C19H24ClN3O4S. The van der Waals surface area contributed by atoms with Crippen molar-refractivity contribution in [1.82, 2.24) is 0 Å². The zero-order valence-corrected chi connectivity index (χ0v) is 17.7. The van der Waals surface area contributed by atoms with Crippen LogP contribution in [0.3, 0.4) is 0 Å². The van der Waals surface area contributed by atoms with Crippen LogP contribution in [0.4, 0.5) is 17.1 Å². The third kappa shape index (κ3) is 6.19. The Morgan fingerprint density at radius 2 is 1.57 bits per heavy atom. The molecule has 0 atom stereocenters. The number of benzene rings is 2. The van der Waals surface area contributed by atoms with E-state index < -0.39 is 9.05 Å². The van der Waals surface area contributed by atoms with Crippen molar-refractivity contribution in [2.24, 2.45) is 10.2 Å². The van der Waals surface area contributed by atoms with Gasteiger partial charge in [0.2, 0.25) is 0 Å². The number of nitrogens with zero attached hydrogens (tertiary/aromatic N) is 3. The zero-order chi connectivity index (χ0) is 20.6. The van der Waals surface area contributed by atoms with Crippen molar-refractivity contribution in [1.29, 1.82) is 0 Å². The minimum absolute atomic E-state index is 0.148. The smallest absolute Gasteiger partial charge is 0.265 e. The Balaban J connectivity index is 2.21. The molecule has 0 radical (unpaired) electrons. The van der Waals surface area contributed by atoms with Crippen LogP contribution in [-0.2, 0) is 13.8 Å². The van der Waals surface area contributed by atoms with Crippen LogP contribution < -0.4 is 9.64 Å². The van der Waals surface area contributed by atoms with E-state index in [0.29, 0.717) is 18.0 Å². The van der Waals surface area contributed by atoms with Crippen LogP contribution in [0.1, 0.15) is 13.8 Å². The number of rotatable bonds is 10. The third-order valence-corrected chi connectivity index (χ3v) is 5.34. The number of methoxy groups -OCH3 is 1. The Bertz CT molecular complexity index is 898. The molecule has 0 N–H and O–H groups in total. The minimum atomic E-state index is -4.00. The van der Waals surface area contributed by atoms with Crippen molar-refractivity contribution in [3.8, 4) is 5.75 Å². The first-order chi connectivity index (χ1) is 13.4. The molecule has 2 aromatic rings. The summed E-state index contributed by atoms with van der Waals surface area (Å²) in [6, 6.07) is 12.1. The normalized spacial score (nSPS) is 11.7. The van der Waals surface area contributed by atoms with Gasteiger partial charge in [-0.1, -0.05) is 0 Å². The predicted molar refractivity (Wildman–Crippen MR) is 111 cm³/mol. The van der Waals surface area contributed by atoms with Crippen molar-refractivity contribution in [2.75, 3.05) is 38.3 Å². The Hall–Kier alpha value is -2.16. The van der Waals surface area contributed by atoms with Gasteiger partial charge in [-0.05, 0) is 56.3 Å². The van der Waals surface area contributed by atoms with E-state index in [4.69, 9.17) is 20.2 Å². The fourth-order valence-electron chi connectivity index (χ4n) is 2.54. The predicted octanol–water partition coefficient (Wildman–Crippen LogP) is 4.90. The summed E-state index contributed by atoms with van der Waals surface area (Å²) in [5.41, 5.74) is 2.12. The maximum absolute atomic E-state index is 11.8. The Morgan fingerprint density at radius 3 is 2.14 bits per heavy atom. The quantitative estimate of drug-likeness (QED) is 0.307. The fraction of sp³-hybridized carbons (Fsp3) is 0.368. The Morgan fingerprint density at radius 1 is 0.964 bits per heavy atom. The summed E-state index contributed by atoms with van der Waals surface area (Å²) in [7, 11) is 3.05. The number of ether oxygens (including phenoxy) is 2. The summed E-state index contributed by atoms with van der Waals surface area (Å²) in [5.74, 6) is 0.148. The van der Waals surface area contributed by atoms with E-state index in [1.165, 1.54) is 19.2 Å². The van der Waals surface area contributed by atoms with Crippen LogP contribution in [0.15, 0.2) is 57.6 Å². The summed E-state index contributed by atoms with van der Waals surface area (Å²) in [6.45, 7) is 6.57. The summed E-state index contributed by atoms with van der Waals surface area (Å²) >= 11 is 0. The van der Waals surface area contributed by atoms with Crippen LogP contribution in [0.25, 0.3) is 0 Å². The second kappa shape index (κ2) is 10.4. The van der Waals surface area contributed by atoms with Gasteiger partial charge in [0.1, 0.15) is 17.3 Å². The van der Waals surface area contributed by atoms with E-state index >= 15 is 0 Å². The van der Waals surface area contributed by atoms with Crippen molar-refractivity contribution in [3.63, 3.8) is 0 Å². The van der Waals surface area contributed by atoms with Gasteiger partial charge in [-0.25, -0.2) is 8.42 Å². The number of hydrogen-bond acceptors (Lipinski definition) is 7. The molecular weight excluding hydrogens is 402 g/mol. The molecule has 0 heterocycles. The van der Waals surface area contributed by atoms with Crippen molar-refractivity contribution >= 4 is 36.8 Å². The van der Waals surface area contributed by atoms with Gasteiger partial charge in [-0.3, -0.25) is 0 Å². The minimum Gasteiger partial charge on any atom is -0.490 e. The highest BCUT2D eigenvalue weighted by Gasteiger charge is 2.18. The van der Waals surface area contributed by atoms with E-state index in [9.17, 15) is 8.42 Å². The molecule has 0 unspecified atom stereocenters. The average molecular weight is 426 g/mol. The molecule has 9 heteroatoms. The molecule has 0 aliphatic carbocycles. The van der Waals surface area contributed by atoms with Crippen LogP contribution in [0.5, 0.6) is 5.75 Å². The van der Waals surface area contributed by atoms with Crippen LogP contribution >= 0.6 is 10.7 Å². The van der Waals surface area contributed by atoms with E-state index in [0.717, 1.165) is 18.8 Å². The Kier molecular flexibility index (Phi) is 8.22. The molecule has 0 aliphatic heterocycles. The molecule has 0 saturated carbocycles. The monoisotopic (exact) mass is 425 g/mol. The summed E-state index contributed by atoms with van der Waals surface area (Å²) < 4.78 is 34.0. The highest BCUT2D eigenvalue weighted by molar-refractivity contribution is 8.13. The van der Waals surface area contributed by atoms with Gasteiger partial charge < -0.3 is 14.4 Å². The molecule has 0 spiro atoms. The summed E-state index contributed by atoms with van der Waals surface area (Å²) in [4.78, 5) is 2.07. The Labute approximate surface area is 170 Å². The lowest BCUT2D eigenvalue weighted by molar-refractivity contribution is 0.144. The third-order valence-electron chi connectivity index (χ3n) is 3.99. The first-order valence-electron chi connectivity index (χ1n) is 8.86. The van der Waals surface area contributed by atoms with E-state index in [1.54, 1.807) is 6.07 Å². The number of halogens is 1. The number of hydrogen-bond donors (Lipinski definition) is 0. The molecule has 0 aliphatic rings. The largest absolute Gasteiger partial charge is 0.490 e. The van der Waals surface area contributed by atoms with E-state index in [1.807, 2.05) is 24.3 Å². The molecule has 0 bridgehead atoms. The van der Waals surface area contributed by atoms with Gasteiger partial charge in [0.25, 0.3) is 9.05 Å². The van der Waals surface area contributed by atoms with Crippen molar-refractivity contribution in [2.45, 2.75) is 18.7 Å². The number of anilines is 1. The maximum atomic E-state index is 11.8. The van der Waals surface area contributed by atoms with Gasteiger partial charge in [-0.2, -0.15) is 10.2 Å². The van der Waals surface area contributed by atoms with Gasteiger partial charge in [0, 0.05) is 36.6 Å². The molecule has 28 heavy (non-hydrogen) atoms. The molecule has 0 amide bonds. The lowest BCUT2D eigenvalue weighted by Gasteiger charge is -2.20. The number of azo groups is 1. The van der Waals surface area contributed by atoms with Crippen molar-refractivity contribution in [3.05, 3.63) is 42.5 Å². The van der Waals surface area contributed by atoms with Gasteiger partial charge in [0.15, 0.2) is 0 Å². The van der Waals surface area contributed by atoms with Crippen LogP contribution in [0, 0.1) is 0 Å². The molecule has 0 aromatic heterocycles. The molecule has 2 rings (SSSR count). The average Bonchev–Trinajstić information content (AvgIpc) is 2.68. The van der Waals surface area contributed by atoms with Crippen molar-refractivity contribution < 1.29 is 17.9 Å². The van der Waals surface area contributed by atoms with Gasteiger partial charge >= 0.3 is 0 Å². The standard InChI is InChI=1S/C19H24ClN3O4S/c1-4-23(5-2)17-9-6-15(7-10-17)21-22-16-8-11-18(27-13-12-26-3)19(14-16)28(20,24)25/h6-11,14H,4-5,12-13H2,1-3H3. The van der Waals surface area contributed by atoms with E-state index in [2.05, 4.69) is 29.0 Å². The van der Waals surface area contributed by atoms with Gasteiger partial charge in [-0.15, -0.1) is 0 Å². The maximum Gasteiger partial charge on any atom is 0.265 e. The molecule has 0 fully saturated rings. The lowest BCUT2D eigenvalue weighted by atomic mass is 10.2. The first kappa shape index (κ1) is 22.1. The second-order valence-electron chi connectivity index (χ2n) is 5.80. The molecule has 7 nitrogen and oxygen atoms in total.